The van der Waals surface area contributed by atoms with Crippen molar-refractivity contribution in [3.05, 3.63) is 38.9 Å². The second-order valence-corrected chi connectivity index (χ2v) is 5.98. The fourth-order valence-corrected chi connectivity index (χ4v) is 2.87. The Bertz CT molecular complexity index is 540. The first-order chi connectivity index (χ1) is 9.10. The summed E-state index contributed by atoms with van der Waals surface area (Å²) in [5, 5.41) is 6.08. The minimum absolute atomic E-state index is 0.313. The molecule has 5 heteroatoms. The van der Waals surface area contributed by atoms with E-state index in [0.717, 1.165) is 30.0 Å². The molecule has 1 atom stereocenters. The van der Waals surface area contributed by atoms with Crippen LogP contribution in [0.3, 0.4) is 0 Å². The minimum Gasteiger partial charge on any atom is -0.367 e. The fourth-order valence-electron chi connectivity index (χ4n) is 1.85. The molecule has 0 radical (unpaired) electrons. The maximum atomic E-state index is 6.13. The molecule has 19 heavy (non-hydrogen) atoms. The molecule has 0 aromatic carbocycles. The molecule has 2 rings (SSSR count). The standard InChI is InChI=1S/C14H18ClN3S/c1-4-12-17-13(15)10(3)14(18-12)16-9(2)8-11-6-5-7-19-11/h5-7,9H,4,8H2,1-3H3,(H,16,17,18). The predicted octanol–water partition coefficient (Wildman–Crippen LogP) is 4.11. The lowest BCUT2D eigenvalue weighted by Crippen LogP contribution is -2.20. The molecule has 0 aliphatic carbocycles. The molecule has 3 nitrogen and oxygen atoms in total. The van der Waals surface area contributed by atoms with E-state index in [0.29, 0.717) is 11.2 Å². The lowest BCUT2D eigenvalue weighted by Gasteiger charge is -2.16. The number of hydrogen-bond donors (Lipinski definition) is 1. The summed E-state index contributed by atoms with van der Waals surface area (Å²) in [6, 6.07) is 4.54. The zero-order valence-electron chi connectivity index (χ0n) is 11.4. The topological polar surface area (TPSA) is 37.8 Å². The van der Waals surface area contributed by atoms with Crippen LogP contribution in [0.1, 0.15) is 30.1 Å². The van der Waals surface area contributed by atoms with Crippen molar-refractivity contribution in [1.82, 2.24) is 9.97 Å². The van der Waals surface area contributed by atoms with Gasteiger partial charge in [0.15, 0.2) is 0 Å². The fraction of sp³-hybridized carbons (Fsp3) is 0.429. The normalized spacial score (nSPS) is 12.4. The first-order valence-electron chi connectivity index (χ1n) is 6.42. The van der Waals surface area contributed by atoms with Gasteiger partial charge in [0.25, 0.3) is 0 Å². The van der Waals surface area contributed by atoms with E-state index in [1.54, 1.807) is 11.3 Å². The van der Waals surface area contributed by atoms with Gasteiger partial charge in [-0.05, 0) is 25.3 Å². The van der Waals surface area contributed by atoms with Gasteiger partial charge in [0.1, 0.15) is 16.8 Å². The van der Waals surface area contributed by atoms with E-state index in [2.05, 4.69) is 39.7 Å². The van der Waals surface area contributed by atoms with Crippen molar-refractivity contribution in [1.29, 1.82) is 0 Å². The molecule has 0 fully saturated rings. The van der Waals surface area contributed by atoms with E-state index in [9.17, 15) is 0 Å². The van der Waals surface area contributed by atoms with E-state index in [4.69, 9.17) is 11.6 Å². The third kappa shape index (κ3) is 3.67. The zero-order valence-corrected chi connectivity index (χ0v) is 13.0. The Morgan fingerprint density at radius 1 is 1.42 bits per heavy atom. The second kappa shape index (κ2) is 6.35. The molecule has 1 unspecified atom stereocenters. The number of rotatable bonds is 5. The number of anilines is 1. The largest absolute Gasteiger partial charge is 0.367 e. The number of aromatic nitrogens is 2. The van der Waals surface area contributed by atoms with Crippen molar-refractivity contribution < 1.29 is 0 Å². The summed E-state index contributed by atoms with van der Waals surface area (Å²) in [6.45, 7) is 6.13. The van der Waals surface area contributed by atoms with Gasteiger partial charge in [-0.25, -0.2) is 9.97 Å². The summed E-state index contributed by atoms with van der Waals surface area (Å²) < 4.78 is 0. The van der Waals surface area contributed by atoms with Crippen molar-refractivity contribution >= 4 is 28.8 Å². The summed E-state index contributed by atoms with van der Waals surface area (Å²) in [5.74, 6) is 1.63. The molecule has 0 saturated heterocycles. The van der Waals surface area contributed by atoms with Gasteiger partial charge in [-0.3, -0.25) is 0 Å². The Hall–Kier alpha value is -1.13. The van der Waals surface area contributed by atoms with E-state index in [1.165, 1.54) is 4.88 Å². The highest BCUT2D eigenvalue weighted by Gasteiger charge is 2.11. The Labute approximate surface area is 123 Å². The average molecular weight is 296 g/mol. The summed E-state index contributed by atoms with van der Waals surface area (Å²) >= 11 is 7.91. The molecule has 0 aliphatic rings. The van der Waals surface area contributed by atoms with Crippen LogP contribution < -0.4 is 5.32 Å². The molecular formula is C14H18ClN3S. The molecule has 2 heterocycles. The number of halogens is 1. The van der Waals surface area contributed by atoms with Gasteiger partial charge in [0, 0.05) is 29.3 Å². The van der Waals surface area contributed by atoms with Gasteiger partial charge in [0.2, 0.25) is 0 Å². The SMILES string of the molecule is CCc1nc(Cl)c(C)c(NC(C)Cc2cccs2)n1. The van der Waals surface area contributed by atoms with Gasteiger partial charge < -0.3 is 5.32 Å². The molecule has 2 aromatic heterocycles. The number of nitrogens with one attached hydrogen (secondary N) is 1. The lowest BCUT2D eigenvalue weighted by atomic mass is 10.2. The van der Waals surface area contributed by atoms with E-state index >= 15 is 0 Å². The van der Waals surface area contributed by atoms with E-state index < -0.39 is 0 Å². The number of aryl methyl sites for hydroxylation is 1. The third-order valence-electron chi connectivity index (χ3n) is 2.92. The van der Waals surface area contributed by atoms with Gasteiger partial charge in [-0.1, -0.05) is 24.6 Å². The van der Waals surface area contributed by atoms with Crippen molar-refractivity contribution in [2.24, 2.45) is 0 Å². The maximum Gasteiger partial charge on any atom is 0.137 e. The van der Waals surface area contributed by atoms with Crippen LogP contribution in [-0.4, -0.2) is 16.0 Å². The number of hydrogen-bond acceptors (Lipinski definition) is 4. The molecule has 0 amide bonds. The molecule has 102 valence electrons. The quantitative estimate of drug-likeness (QED) is 0.844. The highest BCUT2D eigenvalue weighted by atomic mass is 35.5. The van der Waals surface area contributed by atoms with E-state index in [1.807, 2.05) is 13.8 Å². The minimum atomic E-state index is 0.313. The van der Waals surface area contributed by atoms with Crippen molar-refractivity contribution in [2.75, 3.05) is 5.32 Å². The first-order valence-corrected chi connectivity index (χ1v) is 7.67. The monoisotopic (exact) mass is 295 g/mol. The molecule has 0 aliphatic heterocycles. The number of thiophene rings is 1. The molecular weight excluding hydrogens is 278 g/mol. The van der Waals surface area contributed by atoms with Gasteiger partial charge in [-0.15, -0.1) is 11.3 Å². The second-order valence-electron chi connectivity index (χ2n) is 4.59. The van der Waals surface area contributed by atoms with Crippen LogP contribution in [0.25, 0.3) is 0 Å². The summed E-state index contributed by atoms with van der Waals surface area (Å²) in [4.78, 5) is 10.1. The van der Waals surface area contributed by atoms with Crippen molar-refractivity contribution in [3.8, 4) is 0 Å². The Balaban J connectivity index is 2.11. The highest BCUT2D eigenvalue weighted by Crippen LogP contribution is 2.21. The molecule has 0 bridgehead atoms. The Morgan fingerprint density at radius 2 is 2.21 bits per heavy atom. The first kappa shape index (κ1) is 14.3. The van der Waals surface area contributed by atoms with Crippen LogP contribution in [0.2, 0.25) is 5.15 Å². The summed E-state index contributed by atoms with van der Waals surface area (Å²) in [7, 11) is 0. The van der Waals surface area contributed by atoms with Crippen LogP contribution in [0.4, 0.5) is 5.82 Å². The molecule has 0 saturated carbocycles. The maximum absolute atomic E-state index is 6.13. The Morgan fingerprint density at radius 3 is 2.84 bits per heavy atom. The average Bonchev–Trinajstić information content (AvgIpc) is 2.87. The molecule has 1 N–H and O–H groups in total. The number of nitrogens with zero attached hydrogens (tertiary/aromatic N) is 2. The van der Waals surface area contributed by atoms with Crippen molar-refractivity contribution in [3.63, 3.8) is 0 Å². The Kier molecular flexibility index (Phi) is 4.77. The lowest BCUT2D eigenvalue weighted by molar-refractivity contribution is 0.786. The van der Waals surface area contributed by atoms with Crippen LogP contribution in [0.15, 0.2) is 17.5 Å². The van der Waals surface area contributed by atoms with Gasteiger partial charge >= 0.3 is 0 Å². The highest BCUT2D eigenvalue weighted by molar-refractivity contribution is 7.09. The van der Waals surface area contributed by atoms with E-state index in [-0.39, 0.29) is 0 Å². The van der Waals surface area contributed by atoms with Crippen LogP contribution in [0, 0.1) is 6.92 Å². The smallest absolute Gasteiger partial charge is 0.137 e. The predicted molar refractivity (Wildman–Crippen MR) is 82.3 cm³/mol. The van der Waals surface area contributed by atoms with Crippen molar-refractivity contribution in [2.45, 2.75) is 39.7 Å². The molecule has 2 aromatic rings. The summed E-state index contributed by atoms with van der Waals surface area (Å²) in [6.07, 6.45) is 1.77. The third-order valence-corrected chi connectivity index (χ3v) is 4.19. The zero-order chi connectivity index (χ0) is 13.8. The summed E-state index contributed by atoms with van der Waals surface area (Å²) in [5.41, 5.74) is 0.914. The van der Waals surface area contributed by atoms with Gasteiger partial charge in [-0.2, -0.15) is 0 Å². The molecule has 0 spiro atoms. The van der Waals surface area contributed by atoms with Crippen LogP contribution in [-0.2, 0) is 12.8 Å². The van der Waals surface area contributed by atoms with Gasteiger partial charge in [0.05, 0.1) is 0 Å². The van der Waals surface area contributed by atoms with Crippen LogP contribution >= 0.6 is 22.9 Å². The van der Waals surface area contributed by atoms with Crippen LogP contribution in [0.5, 0.6) is 0 Å².